The number of ether oxygens (including phenoxy) is 1. The lowest BCUT2D eigenvalue weighted by Gasteiger charge is -2.35. The molecule has 1 aromatic carbocycles. The van der Waals surface area contributed by atoms with E-state index in [0.29, 0.717) is 37.6 Å². The third-order valence-electron chi connectivity index (χ3n) is 5.37. The zero-order chi connectivity index (χ0) is 21.2. The molecule has 1 aliphatic rings. The van der Waals surface area contributed by atoms with Gasteiger partial charge in [-0.1, -0.05) is 17.7 Å². The van der Waals surface area contributed by atoms with E-state index in [-0.39, 0.29) is 12.5 Å². The number of hydrogen-bond donors (Lipinski definition) is 0. The monoisotopic (exact) mass is 434 g/mol. The summed E-state index contributed by atoms with van der Waals surface area (Å²) in [6, 6.07) is 13.6. The predicted octanol–water partition coefficient (Wildman–Crippen LogP) is 2.89. The van der Waals surface area contributed by atoms with Crippen molar-refractivity contribution in [1.29, 1.82) is 0 Å². The number of aryl methyl sites for hydroxylation is 1. The number of anilines is 1. The minimum atomic E-state index is 0.00203. The maximum absolute atomic E-state index is 12.5. The standard InChI is InChI=1S/C22H22N6O2S/c1-16-2-4-18(5-3-16)30-14-21(29)27-11-9-26(10-12-27)20-7-6-19-23-24-22(28(19)25-20)17-8-13-31-15-17/h2-8,13,15H,9-12,14H2,1H3. The van der Waals surface area contributed by atoms with Crippen LogP contribution in [0.2, 0.25) is 0 Å². The molecule has 0 atom stereocenters. The maximum Gasteiger partial charge on any atom is 0.260 e. The molecule has 3 aromatic heterocycles. The minimum Gasteiger partial charge on any atom is -0.484 e. The van der Waals surface area contributed by atoms with Crippen LogP contribution in [0.3, 0.4) is 0 Å². The van der Waals surface area contributed by atoms with Crippen molar-refractivity contribution < 1.29 is 9.53 Å². The van der Waals surface area contributed by atoms with Gasteiger partial charge in [0.25, 0.3) is 5.91 Å². The molecule has 8 nitrogen and oxygen atoms in total. The normalized spacial score (nSPS) is 14.2. The van der Waals surface area contributed by atoms with Gasteiger partial charge < -0.3 is 14.5 Å². The number of amides is 1. The van der Waals surface area contributed by atoms with Crippen LogP contribution in [-0.2, 0) is 4.79 Å². The Balaban J connectivity index is 1.22. The Bertz CT molecular complexity index is 1180. The molecule has 4 heterocycles. The minimum absolute atomic E-state index is 0.00203. The molecule has 0 N–H and O–H groups in total. The smallest absolute Gasteiger partial charge is 0.260 e. The fraction of sp³-hybridized carbons (Fsp3) is 0.273. The number of aromatic nitrogens is 4. The highest BCUT2D eigenvalue weighted by Crippen LogP contribution is 2.22. The number of thiophene rings is 1. The van der Waals surface area contributed by atoms with Gasteiger partial charge in [-0.2, -0.15) is 15.9 Å². The van der Waals surface area contributed by atoms with E-state index < -0.39 is 0 Å². The van der Waals surface area contributed by atoms with Gasteiger partial charge in [0.1, 0.15) is 11.6 Å². The van der Waals surface area contributed by atoms with E-state index in [0.717, 1.165) is 22.8 Å². The molecule has 0 spiro atoms. The van der Waals surface area contributed by atoms with Crippen LogP contribution in [0, 0.1) is 6.92 Å². The van der Waals surface area contributed by atoms with Crippen molar-refractivity contribution in [3.05, 3.63) is 58.8 Å². The fourth-order valence-electron chi connectivity index (χ4n) is 3.58. The lowest BCUT2D eigenvalue weighted by Crippen LogP contribution is -2.50. The number of carbonyl (C=O) groups excluding carboxylic acids is 1. The average molecular weight is 435 g/mol. The highest BCUT2D eigenvalue weighted by molar-refractivity contribution is 7.08. The van der Waals surface area contributed by atoms with Crippen LogP contribution in [0.25, 0.3) is 17.0 Å². The van der Waals surface area contributed by atoms with E-state index in [2.05, 4.69) is 15.1 Å². The van der Waals surface area contributed by atoms with Crippen molar-refractivity contribution in [3.8, 4) is 17.1 Å². The van der Waals surface area contributed by atoms with Gasteiger partial charge in [-0.25, -0.2) is 0 Å². The Kier molecular flexibility index (Phi) is 5.25. The van der Waals surface area contributed by atoms with Crippen LogP contribution in [0.1, 0.15) is 5.56 Å². The number of carbonyl (C=O) groups is 1. The molecule has 31 heavy (non-hydrogen) atoms. The zero-order valence-electron chi connectivity index (χ0n) is 17.1. The number of benzene rings is 1. The highest BCUT2D eigenvalue weighted by atomic mass is 32.1. The molecule has 0 saturated carbocycles. The van der Waals surface area contributed by atoms with Gasteiger partial charge in [0.2, 0.25) is 0 Å². The molecule has 1 fully saturated rings. The topological polar surface area (TPSA) is 75.9 Å². The Morgan fingerprint density at radius 1 is 1.03 bits per heavy atom. The van der Waals surface area contributed by atoms with Crippen LogP contribution in [0.15, 0.2) is 53.2 Å². The second-order valence-electron chi connectivity index (χ2n) is 7.47. The number of piperazine rings is 1. The van der Waals surface area contributed by atoms with Crippen LogP contribution >= 0.6 is 11.3 Å². The molecule has 5 rings (SSSR count). The first kappa shape index (κ1) is 19.5. The Morgan fingerprint density at radius 2 is 1.84 bits per heavy atom. The van der Waals surface area contributed by atoms with Crippen molar-refractivity contribution >= 4 is 28.7 Å². The van der Waals surface area contributed by atoms with Gasteiger partial charge in [0.15, 0.2) is 18.1 Å². The first-order chi connectivity index (χ1) is 15.2. The van der Waals surface area contributed by atoms with Gasteiger partial charge in [0, 0.05) is 37.1 Å². The van der Waals surface area contributed by atoms with Crippen molar-refractivity contribution in [3.63, 3.8) is 0 Å². The predicted molar refractivity (Wildman–Crippen MR) is 120 cm³/mol. The summed E-state index contributed by atoms with van der Waals surface area (Å²) < 4.78 is 7.42. The van der Waals surface area contributed by atoms with Crippen molar-refractivity contribution in [2.45, 2.75) is 6.92 Å². The van der Waals surface area contributed by atoms with Gasteiger partial charge in [-0.15, -0.1) is 15.3 Å². The largest absolute Gasteiger partial charge is 0.484 e. The first-order valence-electron chi connectivity index (χ1n) is 10.1. The molecule has 9 heteroatoms. The van der Waals surface area contributed by atoms with Gasteiger partial charge in [-0.3, -0.25) is 4.79 Å². The van der Waals surface area contributed by atoms with Crippen LogP contribution in [-0.4, -0.2) is 63.4 Å². The molecule has 0 bridgehead atoms. The molecule has 158 valence electrons. The molecular weight excluding hydrogens is 412 g/mol. The third kappa shape index (κ3) is 4.09. The molecule has 1 saturated heterocycles. The summed E-state index contributed by atoms with van der Waals surface area (Å²) >= 11 is 1.62. The van der Waals surface area contributed by atoms with Gasteiger partial charge in [0.05, 0.1) is 0 Å². The van der Waals surface area contributed by atoms with E-state index in [1.807, 2.05) is 65.0 Å². The number of rotatable bonds is 5. The molecule has 4 aromatic rings. The molecule has 0 radical (unpaired) electrons. The summed E-state index contributed by atoms with van der Waals surface area (Å²) in [5, 5.41) is 17.3. The maximum atomic E-state index is 12.5. The SMILES string of the molecule is Cc1ccc(OCC(=O)N2CCN(c3ccc4nnc(-c5ccsc5)n4n3)CC2)cc1. The van der Waals surface area contributed by atoms with E-state index in [1.54, 1.807) is 15.9 Å². The Hall–Kier alpha value is -3.46. The van der Waals surface area contributed by atoms with E-state index in [4.69, 9.17) is 9.84 Å². The van der Waals surface area contributed by atoms with Gasteiger partial charge in [-0.05, 0) is 42.6 Å². The number of hydrogen-bond acceptors (Lipinski definition) is 7. The van der Waals surface area contributed by atoms with Gasteiger partial charge >= 0.3 is 0 Å². The third-order valence-corrected chi connectivity index (χ3v) is 6.05. The van der Waals surface area contributed by atoms with Crippen molar-refractivity contribution in [2.24, 2.45) is 0 Å². The molecule has 1 amide bonds. The Morgan fingerprint density at radius 3 is 2.58 bits per heavy atom. The fourth-order valence-corrected chi connectivity index (χ4v) is 4.21. The average Bonchev–Trinajstić information content (AvgIpc) is 3.48. The lowest BCUT2D eigenvalue weighted by atomic mass is 10.2. The summed E-state index contributed by atoms with van der Waals surface area (Å²) in [6.45, 7) is 4.77. The molecule has 0 aliphatic carbocycles. The second-order valence-corrected chi connectivity index (χ2v) is 8.25. The van der Waals surface area contributed by atoms with Crippen molar-refractivity contribution in [1.82, 2.24) is 24.7 Å². The summed E-state index contributed by atoms with van der Waals surface area (Å²) in [6.07, 6.45) is 0. The number of fused-ring (bicyclic) bond motifs is 1. The quantitative estimate of drug-likeness (QED) is 0.481. The van der Waals surface area contributed by atoms with Crippen LogP contribution < -0.4 is 9.64 Å². The van der Waals surface area contributed by atoms with E-state index in [1.165, 1.54) is 0 Å². The number of nitrogens with zero attached hydrogens (tertiary/aromatic N) is 6. The zero-order valence-corrected chi connectivity index (χ0v) is 18.0. The Labute approximate surface area is 183 Å². The van der Waals surface area contributed by atoms with Crippen LogP contribution in [0.5, 0.6) is 5.75 Å². The van der Waals surface area contributed by atoms with Crippen molar-refractivity contribution in [2.75, 3.05) is 37.7 Å². The lowest BCUT2D eigenvalue weighted by molar-refractivity contribution is -0.133. The molecular formula is C22H22N6O2S. The summed E-state index contributed by atoms with van der Waals surface area (Å²) in [5.74, 6) is 2.31. The van der Waals surface area contributed by atoms with Crippen LogP contribution in [0.4, 0.5) is 5.82 Å². The first-order valence-corrected chi connectivity index (χ1v) is 11.1. The van der Waals surface area contributed by atoms with E-state index in [9.17, 15) is 4.79 Å². The molecule has 0 unspecified atom stereocenters. The summed E-state index contributed by atoms with van der Waals surface area (Å²) in [7, 11) is 0. The highest BCUT2D eigenvalue weighted by Gasteiger charge is 2.23. The summed E-state index contributed by atoms with van der Waals surface area (Å²) in [5.41, 5.74) is 2.88. The second kappa shape index (κ2) is 8.35. The molecule has 1 aliphatic heterocycles. The summed E-state index contributed by atoms with van der Waals surface area (Å²) in [4.78, 5) is 16.6. The van der Waals surface area contributed by atoms with E-state index >= 15 is 0 Å².